The zero-order chi connectivity index (χ0) is 9.97. The van der Waals surface area contributed by atoms with Gasteiger partial charge in [-0.15, -0.1) is 0 Å². The van der Waals surface area contributed by atoms with Gasteiger partial charge in [-0.05, 0) is 11.1 Å². The van der Waals surface area contributed by atoms with Gasteiger partial charge >= 0.3 is 14.0 Å². The lowest BCUT2D eigenvalue weighted by Gasteiger charge is -2.28. The molecule has 14 heavy (non-hydrogen) atoms. The maximum Gasteiger partial charge on any atom is 0.488 e. The molecular weight excluding hydrogens is 182 g/mol. The highest BCUT2D eigenvalue weighted by Gasteiger charge is 2.43. The molecule has 2 saturated heterocycles. The molecule has 0 aromatic rings. The van der Waals surface area contributed by atoms with Crippen molar-refractivity contribution in [3.05, 3.63) is 24.3 Å². The van der Waals surface area contributed by atoms with Crippen molar-refractivity contribution >= 4 is 14.0 Å². The van der Waals surface area contributed by atoms with Crippen molar-refractivity contribution < 1.29 is 18.6 Å². The van der Waals surface area contributed by atoms with Gasteiger partial charge in [-0.1, -0.05) is 13.2 Å². The summed E-state index contributed by atoms with van der Waals surface area (Å²) in [6.45, 7) is 9.56. The summed E-state index contributed by atoms with van der Waals surface area (Å²) < 4.78 is 21.5. The van der Waals surface area contributed by atoms with Gasteiger partial charge in [0, 0.05) is 0 Å². The van der Waals surface area contributed by atoms with E-state index in [-0.39, 0.29) is 0 Å². The molecule has 2 aliphatic heterocycles. The van der Waals surface area contributed by atoms with Crippen molar-refractivity contribution in [2.24, 2.45) is 0 Å². The van der Waals surface area contributed by atoms with Crippen LogP contribution in [0, 0.1) is 0 Å². The molecule has 2 aliphatic rings. The average Bonchev–Trinajstić information content (AvgIpc) is 2.21. The fourth-order valence-corrected chi connectivity index (χ4v) is 1.29. The van der Waals surface area contributed by atoms with Crippen LogP contribution in [-0.2, 0) is 18.6 Å². The van der Waals surface area contributed by atoms with Gasteiger partial charge in [-0.2, -0.15) is 0 Å². The second-order valence-corrected chi connectivity index (χ2v) is 3.48. The van der Waals surface area contributed by atoms with Crippen LogP contribution in [0.2, 0.25) is 0 Å². The molecule has 0 N–H and O–H groups in total. The molecule has 0 bridgehead atoms. The average molecular weight is 194 g/mol. The fourth-order valence-electron chi connectivity index (χ4n) is 1.29. The number of hydrogen-bond acceptors (Lipinski definition) is 4. The van der Waals surface area contributed by atoms with Crippen LogP contribution in [0.5, 0.6) is 0 Å². The summed E-state index contributed by atoms with van der Waals surface area (Å²) in [6.07, 6.45) is 0. The van der Waals surface area contributed by atoms with Gasteiger partial charge in [0.1, 0.15) is 0 Å². The Morgan fingerprint density at radius 3 is 1.29 bits per heavy atom. The Hall–Kier alpha value is -0.550. The van der Waals surface area contributed by atoms with E-state index in [2.05, 4.69) is 13.2 Å². The molecule has 2 rings (SSSR count). The molecule has 0 aromatic carbocycles. The Bertz CT molecular complexity index is 210. The van der Waals surface area contributed by atoms with Crippen LogP contribution in [0.3, 0.4) is 0 Å². The van der Waals surface area contributed by atoms with Crippen molar-refractivity contribution in [3.63, 3.8) is 0 Å². The molecule has 0 aliphatic carbocycles. The highest BCUT2D eigenvalue weighted by atomic mass is 16.7. The molecule has 4 nitrogen and oxygen atoms in total. The van der Waals surface area contributed by atoms with Gasteiger partial charge in [-0.25, -0.2) is 0 Å². The fraction of sp³-hybridized carbons (Fsp3) is 0.500. The summed E-state index contributed by atoms with van der Waals surface area (Å²) in [5, 5.41) is 0. The molecule has 0 amide bonds. The Kier molecular flexibility index (Phi) is 3.08. The van der Waals surface area contributed by atoms with Gasteiger partial charge in [0.15, 0.2) is 0 Å². The summed E-state index contributed by atoms with van der Waals surface area (Å²) in [5.41, 5.74) is 1.86. The lowest BCUT2D eigenvalue weighted by Crippen LogP contribution is -2.51. The lowest BCUT2D eigenvalue weighted by atomic mass is 9.48. The molecule has 6 heteroatoms. The molecule has 0 atom stereocenters. The van der Waals surface area contributed by atoms with Crippen LogP contribution < -0.4 is 0 Å². The second-order valence-electron chi connectivity index (χ2n) is 3.48. The van der Waals surface area contributed by atoms with Gasteiger partial charge in [0.05, 0.1) is 26.4 Å². The predicted octanol–water partition coefficient (Wildman–Crippen LogP) is 0.247. The van der Waals surface area contributed by atoms with Crippen molar-refractivity contribution in [1.29, 1.82) is 0 Å². The molecule has 74 valence electrons. The summed E-state index contributed by atoms with van der Waals surface area (Å²) in [6, 6.07) is 0. The van der Waals surface area contributed by atoms with E-state index in [9.17, 15) is 0 Å². The van der Waals surface area contributed by atoms with Gasteiger partial charge in [-0.3, -0.25) is 0 Å². The second kappa shape index (κ2) is 4.31. The molecule has 2 heterocycles. The monoisotopic (exact) mass is 194 g/mol. The van der Waals surface area contributed by atoms with E-state index < -0.39 is 14.0 Å². The zero-order valence-electron chi connectivity index (χ0n) is 8.03. The molecule has 0 aromatic heterocycles. The van der Waals surface area contributed by atoms with E-state index in [4.69, 9.17) is 18.6 Å². The summed E-state index contributed by atoms with van der Waals surface area (Å²) in [5.74, 6) is 0. The number of rotatable bonds is 1. The molecule has 0 unspecified atom stereocenters. The van der Waals surface area contributed by atoms with Gasteiger partial charge in [0.2, 0.25) is 0 Å². The van der Waals surface area contributed by atoms with E-state index >= 15 is 0 Å². The Morgan fingerprint density at radius 2 is 1.00 bits per heavy atom. The first-order valence-corrected chi connectivity index (χ1v) is 4.55. The summed E-state index contributed by atoms with van der Waals surface area (Å²) in [4.78, 5) is 0. The summed E-state index contributed by atoms with van der Waals surface area (Å²) in [7, 11) is -0.873. The van der Waals surface area contributed by atoms with Crippen molar-refractivity contribution in [2.45, 2.75) is 0 Å². The number of hydrogen-bond donors (Lipinski definition) is 0. The van der Waals surface area contributed by atoms with E-state index in [1.54, 1.807) is 0 Å². The van der Waals surface area contributed by atoms with Crippen molar-refractivity contribution in [3.8, 4) is 0 Å². The topological polar surface area (TPSA) is 36.9 Å². The quantitative estimate of drug-likeness (QED) is 0.442. The highest BCUT2D eigenvalue weighted by molar-refractivity contribution is 7.10. The maximum absolute atomic E-state index is 5.36. The minimum Gasteiger partial charge on any atom is -0.409 e. The largest absolute Gasteiger partial charge is 0.488 e. The summed E-state index contributed by atoms with van der Waals surface area (Å²) >= 11 is 0. The van der Waals surface area contributed by atoms with Crippen LogP contribution in [-0.4, -0.2) is 40.4 Å². The first-order chi connectivity index (χ1) is 6.75. The highest BCUT2D eigenvalue weighted by Crippen LogP contribution is 2.13. The van der Waals surface area contributed by atoms with Gasteiger partial charge in [0.25, 0.3) is 0 Å². The first kappa shape index (κ1) is 9.98. The maximum atomic E-state index is 5.36. The van der Waals surface area contributed by atoms with Crippen LogP contribution >= 0.6 is 0 Å². The van der Waals surface area contributed by atoms with E-state index in [0.717, 1.165) is 11.1 Å². The molecule has 0 radical (unpaired) electrons. The first-order valence-electron chi connectivity index (χ1n) is 4.55. The minimum atomic E-state index is -0.436. The smallest absolute Gasteiger partial charge is 0.409 e. The van der Waals surface area contributed by atoms with E-state index in [1.165, 1.54) is 0 Å². The van der Waals surface area contributed by atoms with E-state index in [0.29, 0.717) is 26.4 Å². The SMILES string of the molecule is C=C1COB(B2OCC(=C)CO2)OC1. The van der Waals surface area contributed by atoms with Crippen LogP contribution in [0.1, 0.15) is 0 Å². The standard InChI is InChI=1S/C8H12B2O4/c1-7-3-11-9(12-4-7)10-13-5-8(2)6-14-10/h1-6H2. The molecule has 0 spiro atoms. The van der Waals surface area contributed by atoms with E-state index in [1.807, 2.05) is 0 Å². The van der Waals surface area contributed by atoms with Crippen LogP contribution in [0.25, 0.3) is 0 Å². The van der Waals surface area contributed by atoms with Crippen molar-refractivity contribution in [2.75, 3.05) is 26.4 Å². The van der Waals surface area contributed by atoms with Crippen LogP contribution in [0.4, 0.5) is 0 Å². The predicted molar refractivity (Wildman–Crippen MR) is 53.6 cm³/mol. The third-order valence-electron chi connectivity index (χ3n) is 2.03. The third-order valence-corrected chi connectivity index (χ3v) is 2.03. The Morgan fingerprint density at radius 1 is 0.714 bits per heavy atom. The third kappa shape index (κ3) is 2.27. The molecule has 0 saturated carbocycles. The Labute approximate surface area is 84.1 Å². The molecular formula is C8H12B2O4. The minimum absolute atomic E-state index is 0.436. The van der Waals surface area contributed by atoms with Gasteiger partial charge < -0.3 is 18.6 Å². The lowest BCUT2D eigenvalue weighted by molar-refractivity contribution is 0.148. The molecule has 2 fully saturated rings. The normalized spacial score (nSPS) is 24.3. The zero-order valence-corrected chi connectivity index (χ0v) is 8.03. The van der Waals surface area contributed by atoms with Crippen LogP contribution in [0.15, 0.2) is 24.3 Å². The Balaban J connectivity index is 1.83. The van der Waals surface area contributed by atoms with Crippen molar-refractivity contribution in [1.82, 2.24) is 0 Å².